The Kier molecular flexibility index (Phi) is 5.72. The largest absolute Gasteiger partial charge is 0.326 e. The van der Waals surface area contributed by atoms with E-state index in [9.17, 15) is 9.59 Å². The van der Waals surface area contributed by atoms with Gasteiger partial charge in [0.2, 0.25) is 11.8 Å². The SMILES string of the molecule is CC(=O)N(CCC(=O)Nc1ccccc1)c1cccc(Br)c1. The minimum atomic E-state index is -0.118. The minimum absolute atomic E-state index is 0.0920. The Labute approximate surface area is 138 Å². The van der Waals surface area contributed by atoms with Crippen molar-refractivity contribution in [3.63, 3.8) is 0 Å². The molecular formula is C17H17BrN2O2. The second-order valence-corrected chi connectivity index (χ2v) is 5.73. The van der Waals surface area contributed by atoms with Gasteiger partial charge in [0.15, 0.2) is 0 Å². The van der Waals surface area contributed by atoms with Gasteiger partial charge in [-0.25, -0.2) is 0 Å². The highest BCUT2D eigenvalue weighted by atomic mass is 79.9. The van der Waals surface area contributed by atoms with Gasteiger partial charge in [0.25, 0.3) is 0 Å². The Hall–Kier alpha value is -2.14. The fourth-order valence-electron chi connectivity index (χ4n) is 2.07. The molecule has 0 spiro atoms. The van der Waals surface area contributed by atoms with E-state index in [4.69, 9.17) is 0 Å². The van der Waals surface area contributed by atoms with E-state index in [0.29, 0.717) is 6.54 Å². The molecule has 2 aromatic carbocycles. The zero-order valence-corrected chi connectivity index (χ0v) is 13.8. The summed E-state index contributed by atoms with van der Waals surface area (Å²) in [6, 6.07) is 16.7. The quantitative estimate of drug-likeness (QED) is 0.880. The Morgan fingerprint density at radius 1 is 1.09 bits per heavy atom. The summed E-state index contributed by atoms with van der Waals surface area (Å²) < 4.78 is 0.894. The Morgan fingerprint density at radius 3 is 2.45 bits per heavy atom. The zero-order chi connectivity index (χ0) is 15.9. The first-order chi connectivity index (χ1) is 10.6. The molecule has 2 amide bonds. The highest BCUT2D eigenvalue weighted by Crippen LogP contribution is 2.20. The molecule has 0 atom stereocenters. The second kappa shape index (κ2) is 7.75. The molecule has 5 heteroatoms. The van der Waals surface area contributed by atoms with Crippen LogP contribution in [0.1, 0.15) is 13.3 Å². The van der Waals surface area contributed by atoms with Crippen LogP contribution in [0.5, 0.6) is 0 Å². The van der Waals surface area contributed by atoms with Gasteiger partial charge in [0.1, 0.15) is 0 Å². The molecule has 0 aliphatic rings. The van der Waals surface area contributed by atoms with E-state index in [1.54, 1.807) is 4.90 Å². The average molecular weight is 361 g/mol. The van der Waals surface area contributed by atoms with Gasteiger partial charge in [-0.2, -0.15) is 0 Å². The van der Waals surface area contributed by atoms with Crippen molar-refractivity contribution in [3.05, 3.63) is 59.1 Å². The number of halogens is 1. The third-order valence-electron chi connectivity index (χ3n) is 3.12. The first-order valence-electron chi connectivity index (χ1n) is 6.95. The van der Waals surface area contributed by atoms with Gasteiger partial charge in [-0.1, -0.05) is 40.2 Å². The van der Waals surface area contributed by atoms with Crippen molar-refractivity contribution in [2.45, 2.75) is 13.3 Å². The summed E-state index contributed by atoms with van der Waals surface area (Å²) in [5, 5.41) is 2.81. The summed E-state index contributed by atoms with van der Waals surface area (Å²) in [4.78, 5) is 25.4. The van der Waals surface area contributed by atoms with Gasteiger partial charge in [0, 0.05) is 35.7 Å². The molecular weight excluding hydrogens is 344 g/mol. The molecule has 0 saturated carbocycles. The van der Waals surface area contributed by atoms with Crippen LogP contribution in [0.15, 0.2) is 59.1 Å². The van der Waals surface area contributed by atoms with Crippen LogP contribution in [-0.2, 0) is 9.59 Å². The minimum Gasteiger partial charge on any atom is -0.326 e. The van der Waals surface area contributed by atoms with Gasteiger partial charge < -0.3 is 10.2 Å². The molecule has 0 unspecified atom stereocenters. The molecule has 0 aromatic heterocycles. The van der Waals surface area contributed by atoms with Gasteiger partial charge in [-0.15, -0.1) is 0 Å². The molecule has 2 aromatic rings. The average Bonchev–Trinajstić information content (AvgIpc) is 2.48. The second-order valence-electron chi connectivity index (χ2n) is 4.81. The standard InChI is InChI=1S/C17H17BrN2O2/c1-13(21)20(16-9-5-6-14(18)12-16)11-10-17(22)19-15-7-3-2-4-8-15/h2-9,12H,10-11H2,1H3,(H,19,22). The maximum atomic E-state index is 12.0. The number of amides is 2. The van der Waals surface area contributed by atoms with E-state index >= 15 is 0 Å². The number of hydrogen-bond acceptors (Lipinski definition) is 2. The third kappa shape index (κ3) is 4.70. The van der Waals surface area contributed by atoms with Crippen LogP contribution in [0.2, 0.25) is 0 Å². The van der Waals surface area contributed by atoms with Crippen molar-refractivity contribution in [1.29, 1.82) is 0 Å². The summed E-state index contributed by atoms with van der Waals surface area (Å²) in [6.45, 7) is 1.83. The van der Waals surface area contributed by atoms with Gasteiger partial charge in [-0.05, 0) is 30.3 Å². The maximum absolute atomic E-state index is 12.0. The van der Waals surface area contributed by atoms with Crippen LogP contribution in [0.25, 0.3) is 0 Å². The van der Waals surface area contributed by atoms with Crippen LogP contribution >= 0.6 is 15.9 Å². The number of para-hydroxylation sites is 1. The summed E-state index contributed by atoms with van der Waals surface area (Å²) in [5.74, 6) is -0.210. The van der Waals surface area contributed by atoms with Gasteiger partial charge in [-0.3, -0.25) is 9.59 Å². The van der Waals surface area contributed by atoms with E-state index in [1.165, 1.54) is 6.92 Å². The number of carbonyl (C=O) groups excluding carboxylic acids is 2. The van der Waals surface area contributed by atoms with Crippen molar-refractivity contribution < 1.29 is 9.59 Å². The van der Waals surface area contributed by atoms with E-state index in [-0.39, 0.29) is 18.2 Å². The molecule has 0 saturated heterocycles. The predicted molar refractivity (Wildman–Crippen MR) is 91.9 cm³/mol. The van der Waals surface area contributed by atoms with E-state index < -0.39 is 0 Å². The van der Waals surface area contributed by atoms with Crippen molar-refractivity contribution in [1.82, 2.24) is 0 Å². The summed E-state index contributed by atoms with van der Waals surface area (Å²) in [7, 11) is 0. The molecule has 0 fully saturated rings. The number of benzene rings is 2. The molecule has 0 aliphatic heterocycles. The first-order valence-corrected chi connectivity index (χ1v) is 7.74. The summed E-state index contributed by atoms with van der Waals surface area (Å²) >= 11 is 3.39. The van der Waals surface area contributed by atoms with Crippen LogP contribution in [0.3, 0.4) is 0 Å². The first kappa shape index (κ1) is 16.2. The van der Waals surface area contributed by atoms with Crippen LogP contribution in [-0.4, -0.2) is 18.4 Å². The van der Waals surface area contributed by atoms with Crippen molar-refractivity contribution >= 4 is 39.1 Å². The normalized spacial score (nSPS) is 10.1. The summed E-state index contributed by atoms with van der Waals surface area (Å²) in [6.07, 6.45) is 0.237. The fourth-order valence-corrected chi connectivity index (χ4v) is 2.46. The van der Waals surface area contributed by atoms with Crippen LogP contribution in [0.4, 0.5) is 11.4 Å². The van der Waals surface area contributed by atoms with Crippen LogP contribution < -0.4 is 10.2 Å². The smallest absolute Gasteiger partial charge is 0.226 e. The number of nitrogens with one attached hydrogen (secondary N) is 1. The lowest BCUT2D eigenvalue weighted by atomic mass is 10.2. The lowest BCUT2D eigenvalue weighted by molar-refractivity contribution is -0.117. The Balaban J connectivity index is 1.97. The molecule has 1 N–H and O–H groups in total. The van der Waals surface area contributed by atoms with E-state index in [0.717, 1.165) is 15.8 Å². The van der Waals surface area contributed by atoms with Crippen molar-refractivity contribution in [2.75, 3.05) is 16.8 Å². The summed E-state index contributed by atoms with van der Waals surface area (Å²) in [5.41, 5.74) is 1.53. The topological polar surface area (TPSA) is 49.4 Å². The predicted octanol–water partition coefficient (Wildman–Crippen LogP) is 3.83. The molecule has 0 aliphatic carbocycles. The lowest BCUT2D eigenvalue weighted by Gasteiger charge is -2.21. The molecule has 0 heterocycles. The highest BCUT2D eigenvalue weighted by molar-refractivity contribution is 9.10. The maximum Gasteiger partial charge on any atom is 0.226 e. The van der Waals surface area contributed by atoms with Gasteiger partial charge in [0.05, 0.1) is 0 Å². The van der Waals surface area contributed by atoms with Crippen LogP contribution in [0, 0.1) is 0 Å². The number of rotatable bonds is 5. The fraction of sp³-hybridized carbons (Fsp3) is 0.176. The highest BCUT2D eigenvalue weighted by Gasteiger charge is 2.13. The van der Waals surface area contributed by atoms with E-state index in [1.807, 2.05) is 54.6 Å². The molecule has 22 heavy (non-hydrogen) atoms. The molecule has 114 valence electrons. The number of carbonyl (C=O) groups is 2. The molecule has 0 bridgehead atoms. The monoisotopic (exact) mass is 360 g/mol. The number of hydrogen-bond donors (Lipinski definition) is 1. The molecule has 4 nitrogen and oxygen atoms in total. The van der Waals surface area contributed by atoms with Crippen molar-refractivity contribution in [3.8, 4) is 0 Å². The zero-order valence-electron chi connectivity index (χ0n) is 12.3. The van der Waals surface area contributed by atoms with Gasteiger partial charge >= 0.3 is 0 Å². The number of anilines is 2. The molecule has 0 radical (unpaired) electrons. The number of nitrogens with zero attached hydrogens (tertiary/aromatic N) is 1. The Bertz CT molecular complexity index is 659. The third-order valence-corrected chi connectivity index (χ3v) is 3.61. The lowest BCUT2D eigenvalue weighted by Crippen LogP contribution is -2.31. The van der Waals surface area contributed by atoms with Crippen molar-refractivity contribution in [2.24, 2.45) is 0 Å². The Morgan fingerprint density at radius 2 is 1.82 bits per heavy atom. The van der Waals surface area contributed by atoms with E-state index in [2.05, 4.69) is 21.2 Å². The molecule has 2 rings (SSSR count).